The maximum Gasteiger partial charge on any atom is 0.408 e. The van der Waals surface area contributed by atoms with Gasteiger partial charge in [-0.25, -0.2) is 13.6 Å². The SMILES string of the molecule is CC(C)(C)OC(=O)NC(COc1cc(F)cc(F)c1)C(=O)CCc1ccccc1. The summed E-state index contributed by atoms with van der Waals surface area (Å²) >= 11 is 0. The number of ketones is 1. The number of ether oxygens (including phenoxy) is 2. The van der Waals surface area contributed by atoms with Crippen LogP contribution in [0.25, 0.3) is 0 Å². The molecule has 1 atom stereocenters. The van der Waals surface area contributed by atoms with Gasteiger partial charge in [-0.3, -0.25) is 4.79 Å². The summed E-state index contributed by atoms with van der Waals surface area (Å²) in [5.74, 6) is -1.95. The van der Waals surface area contributed by atoms with Crippen molar-refractivity contribution >= 4 is 11.9 Å². The van der Waals surface area contributed by atoms with Crippen molar-refractivity contribution in [3.63, 3.8) is 0 Å². The molecule has 2 aromatic rings. The Bertz CT molecular complexity index is 814. The summed E-state index contributed by atoms with van der Waals surface area (Å²) in [6.45, 7) is 4.82. The van der Waals surface area contributed by atoms with E-state index in [4.69, 9.17) is 9.47 Å². The van der Waals surface area contributed by atoms with E-state index in [1.807, 2.05) is 30.3 Å². The molecule has 29 heavy (non-hydrogen) atoms. The van der Waals surface area contributed by atoms with Crippen molar-refractivity contribution in [1.29, 1.82) is 0 Å². The molecule has 0 radical (unpaired) electrons. The highest BCUT2D eigenvalue weighted by atomic mass is 19.1. The van der Waals surface area contributed by atoms with Crippen LogP contribution in [-0.2, 0) is 16.0 Å². The minimum Gasteiger partial charge on any atom is -0.491 e. The van der Waals surface area contributed by atoms with E-state index < -0.39 is 29.4 Å². The average Bonchev–Trinajstić information content (AvgIpc) is 2.61. The summed E-state index contributed by atoms with van der Waals surface area (Å²) in [4.78, 5) is 24.8. The lowest BCUT2D eigenvalue weighted by Crippen LogP contribution is -2.46. The van der Waals surface area contributed by atoms with Crippen LogP contribution in [0.1, 0.15) is 32.8 Å². The maximum atomic E-state index is 13.3. The molecule has 0 bridgehead atoms. The smallest absolute Gasteiger partial charge is 0.408 e. The second-order valence-corrected chi connectivity index (χ2v) is 7.57. The molecule has 0 aliphatic carbocycles. The van der Waals surface area contributed by atoms with Gasteiger partial charge in [0.25, 0.3) is 0 Å². The van der Waals surface area contributed by atoms with Crippen LogP contribution in [-0.4, -0.2) is 30.1 Å². The predicted octanol–water partition coefficient (Wildman–Crippen LogP) is 4.44. The molecule has 0 aliphatic rings. The number of benzene rings is 2. The van der Waals surface area contributed by atoms with Gasteiger partial charge in [-0.2, -0.15) is 0 Å². The number of rotatable bonds is 8. The lowest BCUT2D eigenvalue weighted by molar-refractivity contribution is -0.121. The largest absolute Gasteiger partial charge is 0.491 e. The first-order valence-electron chi connectivity index (χ1n) is 9.27. The molecule has 1 unspecified atom stereocenters. The van der Waals surface area contributed by atoms with Crippen molar-refractivity contribution in [2.75, 3.05) is 6.61 Å². The zero-order chi connectivity index (χ0) is 21.4. The van der Waals surface area contributed by atoms with Crippen molar-refractivity contribution in [3.05, 3.63) is 65.7 Å². The highest BCUT2D eigenvalue weighted by Gasteiger charge is 2.25. The highest BCUT2D eigenvalue weighted by molar-refractivity contribution is 5.87. The number of aryl methyl sites for hydroxylation is 1. The van der Waals surface area contributed by atoms with Gasteiger partial charge in [0.15, 0.2) is 5.78 Å². The Morgan fingerprint density at radius 3 is 2.24 bits per heavy atom. The average molecular weight is 405 g/mol. The van der Waals surface area contributed by atoms with E-state index in [1.165, 1.54) is 0 Å². The van der Waals surface area contributed by atoms with E-state index in [2.05, 4.69) is 5.32 Å². The van der Waals surface area contributed by atoms with Crippen LogP contribution in [0.4, 0.5) is 13.6 Å². The van der Waals surface area contributed by atoms with Crippen LogP contribution >= 0.6 is 0 Å². The number of halogens is 2. The standard InChI is InChI=1S/C22H25F2NO4/c1-22(2,3)29-21(27)25-19(14-28-18-12-16(23)11-17(24)13-18)20(26)10-9-15-7-5-4-6-8-15/h4-8,11-13,19H,9-10,14H2,1-3H3,(H,25,27). The minimum absolute atomic E-state index is 0.0747. The summed E-state index contributed by atoms with van der Waals surface area (Å²) < 4.78 is 37.2. The normalized spacial score (nSPS) is 12.2. The van der Waals surface area contributed by atoms with Crippen LogP contribution in [0.3, 0.4) is 0 Å². The number of carbonyl (C=O) groups excluding carboxylic acids is 2. The summed E-state index contributed by atoms with van der Waals surface area (Å²) in [5, 5.41) is 2.49. The molecule has 5 nitrogen and oxygen atoms in total. The molecule has 7 heteroatoms. The van der Waals surface area contributed by atoms with Crippen molar-refractivity contribution in [3.8, 4) is 5.75 Å². The Kier molecular flexibility index (Phi) is 7.70. The van der Waals surface area contributed by atoms with Crippen molar-refractivity contribution in [2.45, 2.75) is 45.3 Å². The van der Waals surface area contributed by atoms with Crippen LogP contribution in [0, 0.1) is 11.6 Å². The third-order valence-electron chi connectivity index (χ3n) is 3.84. The van der Waals surface area contributed by atoms with Crippen LogP contribution in [0.5, 0.6) is 5.75 Å². The molecule has 0 saturated heterocycles. The Hall–Kier alpha value is -2.96. The van der Waals surface area contributed by atoms with E-state index in [0.29, 0.717) is 12.5 Å². The van der Waals surface area contributed by atoms with Gasteiger partial charge in [0.2, 0.25) is 0 Å². The summed E-state index contributed by atoms with van der Waals surface area (Å²) in [5.41, 5.74) is 0.235. The number of carbonyl (C=O) groups is 2. The molecular formula is C22H25F2NO4. The van der Waals surface area contributed by atoms with Gasteiger partial charge in [-0.15, -0.1) is 0 Å². The monoisotopic (exact) mass is 405 g/mol. The lowest BCUT2D eigenvalue weighted by Gasteiger charge is -2.23. The molecule has 0 fully saturated rings. The Balaban J connectivity index is 2.04. The summed E-state index contributed by atoms with van der Waals surface area (Å²) in [7, 11) is 0. The number of nitrogens with one attached hydrogen (secondary N) is 1. The molecule has 2 rings (SSSR count). The maximum absolute atomic E-state index is 13.3. The molecule has 1 amide bonds. The molecule has 1 N–H and O–H groups in total. The van der Waals surface area contributed by atoms with Crippen molar-refractivity contribution in [2.24, 2.45) is 0 Å². The van der Waals surface area contributed by atoms with Crippen LogP contribution in [0.15, 0.2) is 48.5 Å². The number of alkyl carbamates (subject to hydrolysis) is 1. The number of amides is 1. The Morgan fingerprint density at radius 2 is 1.66 bits per heavy atom. The first-order chi connectivity index (χ1) is 13.6. The zero-order valence-electron chi connectivity index (χ0n) is 16.7. The van der Waals surface area contributed by atoms with Gasteiger partial charge in [-0.1, -0.05) is 30.3 Å². The Morgan fingerprint density at radius 1 is 1.03 bits per heavy atom. The van der Waals surface area contributed by atoms with Gasteiger partial charge in [-0.05, 0) is 32.8 Å². The third kappa shape index (κ3) is 8.29. The minimum atomic E-state index is -1.03. The van der Waals surface area contributed by atoms with E-state index >= 15 is 0 Å². The fraction of sp³-hybridized carbons (Fsp3) is 0.364. The molecule has 2 aromatic carbocycles. The first kappa shape index (κ1) is 22.3. The summed E-state index contributed by atoms with van der Waals surface area (Å²) in [6, 6.07) is 11.1. The fourth-order valence-electron chi connectivity index (χ4n) is 2.54. The molecular weight excluding hydrogens is 380 g/mol. The van der Waals surface area contributed by atoms with Gasteiger partial charge in [0.05, 0.1) is 0 Å². The first-order valence-corrected chi connectivity index (χ1v) is 9.27. The zero-order valence-corrected chi connectivity index (χ0v) is 16.7. The predicted molar refractivity (Wildman–Crippen MR) is 105 cm³/mol. The van der Waals surface area contributed by atoms with Gasteiger partial charge < -0.3 is 14.8 Å². The lowest BCUT2D eigenvalue weighted by atomic mass is 10.0. The Labute approximate surface area is 169 Å². The quantitative estimate of drug-likeness (QED) is 0.705. The van der Waals surface area contributed by atoms with Gasteiger partial charge in [0, 0.05) is 24.6 Å². The van der Waals surface area contributed by atoms with E-state index in [1.54, 1.807) is 20.8 Å². The molecule has 0 heterocycles. The second kappa shape index (κ2) is 10.0. The van der Waals surface area contributed by atoms with Gasteiger partial charge in [0.1, 0.15) is 35.6 Å². The van der Waals surface area contributed by atoms with Crippen LogP contribution in [0.2, 0.25) is 0 Å². The molecule has 156 valence electrons. The summed E-state index contributed by atoms with van der Waals surface area (Å²) in [6.07, 6.45) is -0.129. The van der Waals surface area contributed by atoms with Crippen molar-refractivity contribution in [1.82, 2.24) is 5.32 Å². The van der Waals surface area contributed by atoms with Crippen LogP contribution < -0.4 is 10.1 Å². The molecule has 0 saturated carbocycles. The van der Waals surface area contributed by atoms with E-state index in [0.717, 1.165) is 17.7 Å². The third-order valence-corrected chi connectivity index (χ3v) is 3.84. The molecule has 0 aliphatic heterocycles. The number of Topliss-reactive ketones (excluding diaryl/α,β-unsaturated/α-hetero) is 1. The van der Waals surface area contributed by atoms with Gasteiger partial charge >= 0.3 is 6.09 Å². The topological polar surface area (TPSA) is 64.6 Å². The fourth-order valence-corrected chi connectivity index (χ4v) is 2.54. The molecule has 0 aromatic heterocycles. The van der Waals surface area contributed by atoms with E-state index in [9.17, 15) is 18.4 Å². The molecule has 0 spiro atoms. The van der Waals surface area contributed by atoms with Crippen molar-refractivity contribution < 1.29 is 27.8 Å². The number of hydrogen-bond donors (Lipinski definition) is 1. The highest BCUT2D eigenvalue weighted by Crippen LogP contribution is 2.16. The van der Waals surface area contributed by atoms with E-state index in [-0.39, 0.29) is 24.6 Å². The number of hydrogen-bond acceptors (Lipinski definition) is 4. The second-order valence-electron chi connectivity index (χ2n) is 7.57.